The van der Waals surface area contributed by atoms with E-state index in [0.29, 0.717) is 30.2 Å². The van der Waals surface area contributed by atoms with Gasteiger partial charge in [0, 0.05) is 19.8 Å². The van der Waals surface area contributed by atoms with Crippen LogP contribution >= 0.6 is 0 Å². The molecule has 1 atom stereocenters. The molecule has 0 saturated carbocycles. The van der Waals surface area contributed by atoms with E-state index in [1.165, 1.54) is 16.9 Å². The van der Waals surface area contributed by atoms with E-state index >= 15 is 0 Å². The monoisotopic (exact) mass is 544 g/mol. The van der Waals surface area contributed by atoms with Crippen molar-refractivity contribution < 1.29 is 18.7 Å². The van der Waals surface area contributed by atoms with Crippen molar-refractivity contribution in [2.45, 2.75) is 26.3 Å². The molecule has 0 spiro atoms. The number of benzene rings is 2. The predicted octanol–water partition coefficient (Wildman–Crippen LogP) is 4.41. The van der Waals surface area contributed by atoms with E-state index in [-0.39, 0.29) is 24.9 Å². The van der Waals surface area contributed by atoms with Crippen molar-refractivity contribution in [3.63, 3.8) is 0 Å². The number of hydrogen-bond donors (Lipinski definition) is 2. The first kappa shape index (κ1) is 28.3. The predicted molar refractivity (Wildman–Crippen MR) is 152 cm³/mol. The molecular formula is C30H33FN6O3. The van der Waals surface area contributed by atoms with E-state index in [1.54, 1.807) is 31.1 Å². The fraction of sp³-hybridized carbons (Fsp3) is 0.267. The normalized spacial score (nSPS) is 11.5. The Labute approximate surface area is 233 Å². The lowest BCUT2D eigenvalue weighted by molar-refractivity contribution is -0.131. The third-order valence-corrected chi connectivity index (χ3v) is 6.41. The van der Waals surface area contributed by atoms with Crippen LogP contribution in [0.25, 0.3) is 0 Å². The molecule has 1 unspecified atom stereocenters. The number of pyridine rings is 1. The fourth-order valence-corrected chi connectivity index (χ4v) is 4.04. The summed E-state index contributed by atoms with van der Waals surface area (Å²) in [6, 6.07) is 20.0. The molecule has 4 aromatic rings. The minimum Gasteiger partial charge on any atom is -0.492 e. The quantitative estimate of drug-likeness (QED) is 0.256. The molecular weight excluding hydrogens is 511 g/mol. The van der Waals surface area contributed by atoms with Gasteiger partial charge >= 0.3 is 0 Å². The zero-order valence-corrected chi connectivity index (χ0v) is 22.8. The van der Waals surface area contributed by atoms with E-state index < -0.39 is 11.9 Å². The van der Waals surface area contributed by atoms with Crippen molar-refractivity contribution >= 4 is 23.2 Å². The van der Waals surface area contributed by atoms with Gasteiger partial charge in [0.2, 0.25) is 17.8 Å². The third kappa shape index (κ3) is 7.89. The highest BCUT2D eigenvalue weighted by atomic mass is 19.1. The number of nitrogens with one attached hydrogen (secondary N) is 2. The summed E-state index contributed by atoms with van der Waals surface area (Å²) in [5, 5.41) is 10.3. The number of halogens is 1. The van der Waals surface area contributed by atoms with Crippen molar-refractivity contribution in [1.29, 1.82) is 0 Å². The Morgan fingerprint density at radius 3 is 2.52 bits per heavy atom. The Balaban J connectivity index is 1.32. The number of amides is 2. The molecule has 9 nitrogen and oxygen atoms in total. The van der Waals surface area contributed by atoms with Gasteiger partial charge in [0.05, 0.1) is 35.7 Å². The molecule has 0 bridgehead atoms. The molecule has 0 fully saturated rings. The van der Waals surface area contributed by atoms with Crippen molar-refractivity contribution in [1.82, 2.24) is 19.7 Å². The van der Waals surface area contributed by atoms with E-state index in [4.69, 9.17) is 4.74 Å². The van der Waals surface area contributed by atoms with Crippen LogP contribution in [-0.2, 0) is 16.1 Å². The average molecular weight is 545 g/mol. The van der Waals surface area contributed by atoms with Gasteiger partial charge in [-0.25, -0.2) is 4.98 Å². The minimum atomic E-state index is -0.558. The maximum atomic E-state index is 13.4. The summed E-state index contributed by atoms with van der Waals surface area (Å²) < 4.78 is 20.6. The van der Waals surface area contributed by atoms with Gasteiger partial charge in [0.15, 0.2) is 0 Å². The highest BCUT2D eigenvalue weighted by Gasteiger charge is 2.22. The molecule has 4 rings (SSSR count). The van der Waals surface area contributed by atoms with Crippen LogP contribution in [0.15, 0.2) is 79.1 Å². The number of likely N-dealkylation sites (N-methyl/N-ethyl adjacent to an activating group) is 1. The van der Waals surface area contributed by atoms with Crippen molar-refractivity contribution in [3.05, 3.63) is 102 Å². The summed E-state index contributed by atoms with van der Waals surface area (Å²) in [7, 11) is 1.71. The molecule has 0 aliphatic carbocycles. The van der Waals surface area contributed by atoms with Crippen LogP contribution in [0.4, 0.5) is 15.8 Å². The summed E-state index contributed by atoms with van der Waals surface area (Å²) in [6.45, 7) is 4.80. The first-order chi connectivity index (χ1) is 19.3. The number of aryl methyl sites for hydroxylation is 2. The summed E-state index contributed by atoms with van der Waals surface area (Å²) in [6.07, 6.45) is 3.13. The third-order valence-electron chi connectivity index (χ3n) is 6.41. The molecule has 40 heavy (non-hydrogen) atoms. The van der Waals surface area contributed by atoms with Gasteiger partial charge in [-0.3, -0.25) is 14.3 Å². The maximum Gasteiger partial charge on any atom is 0.244 e. The van der Waals surface area contributed by atoms with Crippen LogP contribution in [0.2, 0.25) is 0 Å². The lowest BCUT2D eigenvalue weighted by Crippen LogP contribution is -2.33. The highest BCUT2D eigenvalue weighted by Crippen LogP contribution is 2.21. The molecule has 2 heterocycles. The molecule has 10 heteroatoms. The smallest absolute Gasteiger partial charge is 0.244 e. The van der Waals surface area contributed by atoms with Crippen LogP contribution in [0.5, 0.6) is 5.75 Å². The van der Waals surface area contributed by atoms with Gasteiger partial charge in [0.1, 0.15) is 18.9 Å². The van der Waals surface area contributed by atoms with Crippen molar-refractivity contribution in [2.75, 3.05) is 37.4 Å². The first-order valence-corrected chi connectivity index (χ1v) is 13.0. The summed E-state index contributed by atoms with van der Waals surface area (Å²) >= 11 is 0. The summed E-state index contributed by atoms with van der Waals surface area (Å²) in [5.74, 6) is -0.730. The van der Waals surface area contributed by atoms with E-state index in [0.717, 1.165) is 16.9 Å². The van der Waals surface area contributed by atoms with E-state index in [1.807, 2.05) is 61.5 Å². The number of ether oxygens (including phenoxy) is 1. The number of carbonyl (C=O) groups is 2. The Morgan fingerprint density at radius 1 is 1.05 bits per heavy atom. The van der Waals surface area contributed by atoms with Crippen molar-refractivity contribution in [2.24, 2.45) is 0 Å². The SMILES string of the molecule is Cc1ccc(OCCN(C)C(=O)Cn2cc(NC(=O)C(CNc3ccc(F)nc3C)c3ccccc3)cn2)cc1. The molecule has 2 aromatic carbocycles. The second kappa shape index (κ2) is 13.4. The molecule has 0 radical (unpaired) electrons. The Kier molecular flexibility index (Phi) is 9.45. The number of anilines is 2. The molecule has 2 amide bonds. The van der Waals surface area contributed by atoms with Gasteiger partial charge < -0.3 is 20.3 Å². The number of hydrogen-bond acceptors (Lipinski definition) is 6. The fourth-order valence-electron chi connectivity index (χ4n) is 4.04. The average Bonchev–Trinajstić information content (AvgIpc) is 3.37. The van der Waals surface area contributed by atoms with Crippen LogP contribution in [-0.4, -0.2) is 58.2 Å². The standard InChI is InChI=1S/C30H33FN6O3/c1-21-9-11-25(12-10-21)40-16-15-36(3)29(38)20-37-19-24(17-33-37)35-30(39)26(23-7-5-4-6-8-23)18-32-27-13-14-28(31)34-22(27)2/h4-14,17,19,26,32H,15-16,18,20H2,1-3H3,(H,35,39). The minimum absolute atomic E-state index is 0.0252. The highest BCUT2D eigenvalue weighted by molar-refractivity contribution is 5.96. The summed E-state index contributed by atoms with van der Waals surface area (Å²) in [4.78, 5) is 31.4. The van der Waals surface area contributed by atoms with Gasteiger partial charge in [-0.05, 0) is 43.7 Å². The van der Waals surface area contributed by atoms with Gasteiger partial charge in [-0.2, -0.15) is 9.49 Å². The Morgan fingerprint density at radius 2 is 1.80 bits per heavy atom. The van der Waals surface area contributed by atoms with Gasteiger partial charge in [-0.1, -0.05) is 48.0 Å². The lowest BCUT2D eigenvalue weighted by Gasteiger charge is -2.19. The Bertz CT molecular complexity index is 1430. The first-order valence-electron chi connectivity index (χ1n) is 13.0. The van der Waals surface area contributed by atoms with Crippen LogP contribution in [0.3, 0.4) is 0 Å². The molecule has 0 saturated heterocycles. The number of carbonyl (C=O) groups excluding carboxylic acids is 2. The molecule has 0 aliphatic rings. The topological polar surface area (TPSA) is 101 Å². The van der Waals surface area contributed by atoms with E-state index in [9.17, 15) is 14.0 Å². The maximum absolute atomic E-state index is 13.4. The number of aromatic nitrogens is 3. The number of rotatable bonds is 12. The Hall–Kier alpha value is -4.73. The molecule has 2 N–H and O–H groups in total. The molecule has 0 aliphatic heterocycles. The zero-order chi connectivity index (χ0) is 28.5. The van der Waals surface area contributed by atoms with Gasteiger partial charge in [-0.15, -0.1) is 0 Å². The molecule has 208 valence electrons. The largest absolute Gasteiger partial charge is 0.492 e. The second-order valence-corrected chi connectivity index (χ2v) is 9.50. The van der Waals surface area contributed by atoms with Crippen LogP contribution in [0, 0.1) is 19.8 Å². The lowest BCUT2D eigenvalue weighted by atomic mass is 9.98. The van der Waals surface area contributed by atoms with Crippen LogP contribution < -0.4 is 15.4 Å². The number of nitrogens with zero attached hydrogens (tertiary/aromatic N) is 4. The zero-order valence-electron chi connectivity index (χ0n) is 22.8. The van der Waals surface area contributed by atoms with Gasteiger partial charge in [0.25, 0.3) is 0 Å². The summed E-state index contributed by atoms with van der Waals surface area (Å²) in [5.41, 5.74) is 3.60. The van der Waals surface area contributed by atoms with Crippen LogP contribution in [0.1, 0.15) is 22.7 Å². The van der Waals surface area contributed by atoms with Crippen molar-refractivity contribution in [3.8, 4) is 5.75 Å². The molecule has 2 aromatic heterocycles. The second-order valence-electron chi connectivity index (χ2n) is 9.50. The van der Waals surface area contributed by atoms with E-state index in [2.05, 4.69) is 20.7 Å².